The van der Waals surface area contributed by atoms with E-state index >= 15 is 0 Å². The van der Waals surface area contributed by atoms with Crippen LogP contribution in [0.25, 0.3) is 0 Å². The van der Waals surface area contributed by atoms with Crippen LogP contribution in [0, 0.1) is 5.82 Å². The van der Waals surface area contributed by atoms with Crippen LogP contribution in [0.2, 0.25) is 0 Å². The highest BCUT2D eigenvalue weighted by Crippen LogP contribution is 2.09. The minimum absolute atomic E-state index is 0.157. The fraction of sp³-hybridized carbons (Fsp3) is 0.647. The normalized spacial score (nSPS) is 18.1. The van der Waals surface area contributed by atoms with Crippen LogP contribution >= 0.6 is 0 Å². The van der Waals surface area contributed by atoms with Gasteiger partial charge in [0.1, 0.15) is 5.82 Å². The molecule has 0 bridgehead atoms. The third-order valence-electron chi connectivity index (χ3n) is 4.05. The first-order chi connectivity index (χ1) is 9.74. The van der Waals surface area contributed by atoms with E-state index in [9.17, 15) is 4.39 Å². The molecule has 20 heavy (non-hydrogen) atoms. The Labute approximate surface area is 122 Å². The van der Waals surface area contributed by atoms with Gasteiger partial charge < -0.3 is 10.2 Å². The van der Waals surface area contributed by atoms with E-state index in [-0.39, 0.29) is 5.82 Å². The highest BCUT2D eigenvalue weighted by atomic mass is 19.1. The standard InChI is InChI=1S/C17H27FN2/c1-15(14-16-6-8-17(18)9-7-16)19-10-5-13-20-11-3-2-4-12-20/h6-9,15,19H,2-5,10-14H2,1H3. The third-order valence-corrected chi connectivity index (χ3v) is 4.05. The van der Waals surface area contributed by atoms with Crippen molar-refractivity contribution in [2.45, 2.75) is 45.1 Å². The van der Waals surface area contributed by atoms with E-state index in [4.69, 9.17) is 0 Å². The first-order valence-corrected chi connectivity index (χ1v) is 7.94. The van der Waals surface area contributed by atoms with Gasteiger partial charge in [-0.1, -0.05) is 18.6 Å². The number of likely N-dealkylation sites (tertiary alicyclic amines) is 1. The Morgan fingerprint density at radius 1 is 1.15 bits per heavy atom. The molecule has 112 valence electrons. The largest absolute Gasteiger partial charge is 0.314 e. The summed E-state index contributed by atoms with van der Waals surface area (Å²) in [6, 6.07) is 7.28. The smallest absolute Gasteiger partial charge is 0.123 e. The molecule has 0 aromatic heterocycles. The number of nitrogens with zero attached hydrogens (tertiary/aromatic N) is 1. The number of hydrogen-bond donors (Lipinski definition) is 1. The van der Waals surface area contributed by atoms with Gasteiger partial charge in [0.2, 0.25) is 0 Å². The lowest BCUT2D eigenvalue weighted by Gasteiger charge is -2.26. The summed E-state index contributed by atoms with van der Waals surface area (Å²) in [7, 11) is 0. The average Bonchev–Trinajstić information content (AvgIpc) is 2.47. The Morgan fingerprint density at radius 3 is 2.55 bits per heavy atom. The molecule has 0 radical (unpaired) electrons. The van der Waals surface area contributed by atoms with Crippen molar-refractivity contribution in [1.29, 1.82) is 0 Å². The summed E-state index contributed by atoms with van der Waals surface area (Å²) < 4.78 is 12.8. The lowest BCUT2D eigenvalue weighted by atomic mass is 10.1. The van der Waals surface area contributed by atoms with E-state index in [1.165, 1.54) is 50.9 Å². The summed E-state index contributed by atoms with van der Waals surface area (Å²) in [6.45, 7) is 7.05. The molecule has 1 aliphatic heterocycles. The van der Waals surface area contributed by atoms with E-state index in [2.05, 4.69) is 17.1 Å². The first-order valence-electron chi connectivity index (χ1n) is 7.94. The summed E-state index contributed by atoms with van der Waals surface area (Å²) in [5, 5.41) is 3.56. The van der Waals surface area contributed by atoms with Crippen LogP contribution in [0.15, 0.2) is 24.3 Å². The SMILES string of the molecule is CC(Cc1ccc(F)cc1)NCCCN1CCCCC1. The Hall–Kier alpha value is -0.930. The van der Waals surface area contributed by atoms with Crippen LogP contribution in [0.4, 0.5) is 4.39 Å². The zero-order valence-corrected chi connectivity index (χ0v) is 12.6. The first kappa shape index (κ1) is 15.5. The molecule has 2 nitrogen and oxygen atoms in total. The van der Waals surface area contributed by atoms with E-state index in [1.54, 1.807) is 12.1 Å². The van der Waals surface area contributed by atoms with Crippen molar-refractivity contribution in [3.63, 3.8) is 0 Å². The van der Waals surface area contributed by atoms with Crippen LogP contribution in [-0.4, -0.2) is 37.1 Å². The molecule has 1 aromatic carbocycles. The molecule has 1 aliphatic rings. The number of rotatable bonds is 7. The van der Waals surface area contributed by atoms with Crippen molar-refractivity contribution >= 4 is 0 Å². The van der Waals surface area contributed by atoms with Crippen LogP contribution in [0.1, 0.15) is 38.2 Å². The van der Waals surface area contributed by atoms with Gasteiger partial charge in [0.25, 0.3) is 0 Å². The van der Waals surface area contributed by atoms with Crippen molar-refractivity contribution in [3.8, 4) is 0 Å². The zero-order valence-electron chi connectivity index (χ0n) is 12.6. The predicted octanol–water partition coefficient (Wildman–Crippen LogP) is 3.22. The maximum absolute atomic E-state index is 12.8. The van der Waals surface area contributed by atoms with Crippen LogP contribution < -0.4 is 5.32 Å². The second kappa shape index (κ2) is 8.38. The van der Waals surface area contributed by atoms with Gasteiger partial charge in [-0.3, -0.25) is 0 Å². The van der Waals surface area contributed by atoms with E-state index in [0.717, 1.165) is 13.0 Å². The summed E-state index contributed by atoms with van der Waals surface area (Å²) in [5.41, 5.74) is 1.20. The topological polar surface area (TPSA) is 15.3 Å². The Balaban J connectivity index is 1.57. The molecule has 1 fully saturated rings. The molecule has 1 unspecified atom stereocenters. The lowest BCUT2D eigenvalue weighted by molar-refractivity contribution is 0.225. The van der Waals surface area contributed by atoms with E-state index < -0.39 is 0 Å². The molecule has 0 saturated carbocycles. The molecule has 1 aromatic rings. The van der Waals surface area contributed by atoms with Gasteiger partial charge >= 0.3 is 0 Å². The fourth-order valence-electron chi connectivity index (χ4n) is 2.88. The summed E-state index contributed by atoms with van der Waals surface area (Å²) in [5.74, 6) is -0.157. The van der Waals surface area contributed by atoms with Crippen LogP contribution in [0.5, 0.6) is 0 Å². The molecule has 1 saturated heterocycles. The maximum atomic E-state index is 12.8. The number of piperidine rings is 1. The van der Waals surface area contributed by atoms with E-state index in [0.29, 0.717) is 6.04 Å². The Kier molecular flexibility index (Phi) is 6.48. The third kappa shape index (κ3) is 5.59. The zero-order chi connectivity index (χ0) is 14.2. The summed E-state index contributed by atoms with van der Waals surface area (Å²) in [6.07, 6.45) is 6.32. The molecule has 1 N–H and O–H groups in total. The molecule has 0 aliphatic carbocycles. The van der Waals surface area contributed by atoms with Crippen LogP contribution in [0.3, 0.4) is 0 Å². The van der Waals surface area contributed by atoms with Gasteiger partial charge in [-0.25, -0.2) is 4.39 Å². The average molecular weight is 278 g/mol. The number of halogens is 1. The van der Waals surface area contributed by atoms with Gasteiger partial charge in [0.15, 0.2) is 0 Å². The van der Waals surface area contributed by atoms with Gasteiger partial charge in [-0.2, -0.15) is 0 Å². The predicted molar refractivity (Wildman–Crippen MR) is 82.5 cm³/mol. The second-order valence-corrected chi connectivity index (χ2v) is 5.94. The van der Waals surface area contributed by atoms with Gasteiger partial charge in [0.05, 0.1) is 0 Å². The van der Waals surface area contributed by atoms with Gasteiger partial charge in [0, 0.05) is 6.04 Å². The molecule has 1 heterocycles. The molecule has 0 spiro atoms. The minimum atomic E-state index is -0.157. The van der Waals surface area contributed by atoms with Crippen molar-refractivity contribution < 1.29 is 4.39 Å². The molecule has 2 rings (SSSR count). The lowest BCUT2D eigenvalue weighted by Crippen LogP contribution is -2.34. The fourth-order valence-corrected chi connectivity index (χ4v) is 2.88. The highest BCUT2D eigenvalue weighted by molar-refractivity contribution is 5.16. The minimum Gasteiger partial charge on any atom is -0.314 e. The van der Waals surface area contributed by atoms with Crippen molar-refractivity contribution in [2.75, 3.05) is 26.2 Å². The molecule has 0 amide bonds. The maximum Gasteiger partial charge on any atom is 0.123 e. The van der Waals surface area contributed by atoms with Crippen molar-refractivity contribution in [3.05, 3.63) is 35.6 Å². The van der Waals surface area contributed by atoms with Gasteiger partial charge in [-0.05, 0) is 76.5 Å². The van der Waals surface area contributed by atoms with E-state index in [1.807, 2.05) is 12.1 Å². The monoisotopic (exact) mass is 278 g/mol. The summed E-state index contributed by atoms with van der Waals surface area (Å²) >= 11 is 0. The number of benzene rings is 1. The Bertz CT molecular complexity index is 371. The quantitative estimate of drug-likeness (QED) is 0.770. The number of nitrogens with one attached hydrogen (secondary N) is 1. The molecular formula is C17H27FN2. The molecule has 1 atom stereocenters. The molecular weight excluding hydrogens is 251 g/mol. The second-order valence-electron chi connectivity index (χ2n) is 5.94. The number of hydrogen-bond acceptors (Lipinski definition) is 2. The highest BCUT2D eigenvalue weighted by Gasteiger charge is 2.09. The summed E-state index contributed by atoms with van der Waals surface area (Å²) in [4.78, 5) is 2.58. The van der Waals surface area contributed by atoms with Gasteiger partial charge in [-0.15, -0.1) is 0 Å². The van der Waals surface area contributed by atoms with Crippen molar-refractivity contribution in [1.82, 2.24) is 10.2 Å². The van der Waals surface area contributed by atoms with Crippen LogP contribution in [-0.2, 0) is 6.42 Å². The Morgan fingerprint density at radius 2 is 1.85 bits per heavy atom. The van der Waals surface area contributed by atoms with Crippen molar-refractivity contribution in [2.24, 2.45) is 0 Å². The molecule has 3 heteroatoms.